The van der Waals surface area contributed by atoms with Gasteiger partial charge in [0.2, 0.25) is 0 Å². The second kappa shape index (κ2) is 8.74. The number of carboxylic acid groups (broad SMARTS) is 1. The van der Waals surface area contributed by atoms with Crippen molar-refractivity contribution in [1.29, 1.82) is 0 Å². The van der Waals surface area contributed by atoms with Gasteiger partial charge in [0.1, 0.15) is 0 Å². The van der Waals surface area contributed by atoms with Crippen molar-refractivity contribution in [3.8, 4) is 0 Å². The van der Waals surface area contributed by atoms with Crippen molar-refractivity contribution in [2.45, 2.75) is 45.6 Å². The lowest BCUT2D eigenvalue weighted by Gasteiger charge is -2.23. The molecule has 6 heteroatoms. The van der Waals surface area contributed by atoms with E-state index in [1.165, 1.54) is 0 Å². The molecule has 0 radical (unpaired) electrons. The average Bonchev–Trinajstić information content (AvgIpc) is 2.34. The molecule has 0 aliphatic heterocycles. The maximum absolute atomic E-state index is 11.5. The molecule has 2 amide bonds. The highest BCUT2D eigenvalue weighted by atomic mass is 16.5. The molecule has 0 rings (SSSR count). The number of urea groups is 1. The topological polar surface area (TPSA) is 87.7 Å². The molecule has 0 aliphatic rings. The zero-order valence-electron chi connectivity index (χ0n) is 12.3. The molecular formula is C13H26N2O4. The molecule has 0 saturated heterocycles. The highest BCUT2D eigenvalue weighted by Crippen LogP contribution is 2.09. The zero-order valence-corrected chi connectivity index (χ0v) is 12.3. The van der Waals surface area contributed by atoms with Gasteiger partial charge in [0.25, 0.3) is 0 Å². The Morgan fingerprint density at radius 2 is 1.89 bits per heavy atom. The van der Waals surface area contributed by atoms with Gasteiger partial charge in [-0.1, -0.05) is 6.92 Å². The van der Waals surface area contributed by atoms with E-state index in [1.807, 2.05) is 20.8 Å². The van der Waals surface area contributed by atoms with Crippen molar-refractivity contribution in [2.75, 3.05) is 20.2 Å². The maximum atomic E-state index is 11.5. The van der Waals surface area contributed by atoms with Crippen LogP contribution >= 0.6 is 0 Å². The van der Waals surface area contributed by atoms with Crippen LogP contribution in [-0.4, -0.2) is 42.9 Å². The number of rotatable bonds is 9. The van der Waals surface area contributed by atoms with Crippen LogP contribution in [0.5, 0.6) is 0 Å². The maximum Gasteiger partial charge on any atom is 0.314 e. The third-order valence-electron chi connectivity index (χ3n) is 3.00. The van der Waals surface area contributed by atoms with Crippen molar-refractivity contribution in [1.82, 2.24) is 10.6 Å². The van der Waals surface area contributed by atoms with Crippen LogP contribution < -0.4 is 10.6 Å². The number of amides is 2. The minimum Gasteiger partial charge on any atom is -0.481 e. The molecule has 0 saturated carbocycles. The summed E-state index contributed by atoms with van der Waals surface area (Å²) in [4.78, 5) is 21.9. The van der Waals surface area contributed by atoms with Crippen LogP contribution in [-0.2, 0) is 9.53 Å². The number of ether oxygens (including phenoxy) is 1. The van der Waals surface area contributed by atoms with E-state index < -0.39 is 5.97 Å². The number of carboxylic acids is 1. The quantitative estimate of drug-likeness (QED) is 0.596. The second-order valence-corrected chi connectivity index (χ2v) is 5.40. The number of hydrogen-bond donors (Lipinski definition) is 3. The van der Waals surface area contributed by atoms with Crippen molar-refractivity contribution in [3.05, 3.63) is 0 Å². The minimum atomic E-state index is -0.778. The van der Waals surface area contributed by atoms with Gasteiger partial charge in [0, 0.05) is 26.6 Å². The molecule has 0 aromatic rings. The lowest BCUT2D eigenvalue weighted by molar-refractivity contribution is -0.137. The number of aliphatic carboxylic acids is 1. The van der Waals surface area contributed by atoms with E-state index in [4.69, 9.17) is 9.84 Å². The Balaban J connectivity index is 3.66. The molecule has 0 aromatic heterocycles. The fourth-order valence-corrected chi connectivity index (χ4v) is 1.37. The normalized spacial score (nSPS) is 12.8. The van der Waals surface area contributed by atoms with E-state index >= 15 is 0 Å². The van der Waals surface area contributed by atoms with Crippen LogP contribution in [0.2, 0.25) is 0 Å². The second-order valence-electron chi connectivity index (χ2n) is 5.40. The first kappa shape index (κ1) is 17.7. The Morgan fingerprint density at radius 3 is 2.42 bits per heavy atom. The molecule has 0 aliphatic carbocycles. The highest BCUT2D eigenvalue weighted by Gasteiger charge is 2.17. The van der Waals surface area contributed by atoms with Gasteiger partial charge in [-0.15, -0.1) is 0 Å². The molecule has 0 heterocycles. The first-order valence-electron chi connectivity index (χ1n) is 6.55. The molecule has 0 aromatic carbocycles. The van der Waals surface area contributed by atoms with Crippen LogP contribution in [0, 0.1) is 5.92 Å². The molecule has 1 unspecified atom stereocenters. The summed E-state index contributed by atoms with van der Waals surface area (Å²) in [6.45, 7) is 6.74. The summed E-state index contributed by atoms with van der Waals surface area (Å²) in [5.74, 6) is -0.494. The summed E-state index contributed by atoms with van der Waals surface area (Å²) in [6.07, 6.45) is 1.58. The fourth-order valence-electron chi connectivity index (χ4n) is 1.37. The van der Waals surface area contributed by atoms with Crippen molar-refractivity contribution >= 4 is 12.0 Å². The SMILES string of the molecule is COC(C)(C)CNC(=O)NCCC(C)CCC(=O)O. The van der Waals surface area contributed by atoms with Crippen LogP contribution in [0.4, 0.5) is 4.79 Å². The first-order valence-corrected chi connectivity index (χ1v) is 6.55. The van der Waals surface area contributed by atoms with Crippen molar-refractivity contribution < 1.29 is 19.4 Å². The smallest absolute Gasteiger partial charge is 0.314 e. The predicted octanol–water partition coefficient (Wildman–Crippen LogP) is 1.60. The molecular weight excluding hydrogens is 248 g/mol. The largest absolute Gasteiger partial charge is 0.481 e. The standard InChI is InChI=1S/C13H26N2O4/c1-10(5-6-11(16)17)7-8-14-12(18)15-9-13(2,3)19-4/h10H,5-9H2,1-4H3,(H,16,17)(H2,14,15,18). The molecule has 1 atom stereocenters. The fraction of sp³-hybridized carbons (Fsp3) is 0.846. The Labute approximate surface area is 114 Å². The van der Waals surface area contributed by atoms with E-state index in [9.17, 15) is 9.59 Å². The van der Waals surface area contributed by atoms with Gasteiger partial charge >= 0.3 is 12.0 Å². The van der Waals surface area contributed by atoms with Crippen molar-refractivity contribution in [3.63, 3.8) is 0 Å². The van der Waals surface area contributed by atoms with Crippen molar-refractivity contribution in [2.24, 2.45) is 5.92 Å². The van der Waals surface area contributed by atoms with Gasteiger partial charge in [-0.05, 0) is 32.6 Å². The number of carbonyl (C=O) groups is 2. The molecule has 6 nitrogen and oxygen atoms in total. The van der Waals surface area contributed by atoms with Crippen LogP contribution in [0.25, 0.3) is 0 Å². The Bertz CT molecular complexity index is 292. The number of nitrogens with one attached hydrogen (secondary N) is 2. The Hall–Kier alpha value is -1.30. The summed E-state index contributed by atoms with van der Waals surface area (Å²) in [5, 5.41) is 14.0. The predicted molar refractivity (Wildman–Crippen MR) is 73.1 cm³/mol. The Morgan fingerprint density at radius 1 is 1.26 bits per heavy atom. The molecule has 3 N–H and O–H groups in total. The van der Waals surface area contributed by atoms with E-state index in [0.717, 1.165) is 6.42 Å². The summed E-state index contributed by atoms with van der Waals surface area (Å²) in [5.41, 5.74) is -0.383. The van der Waals surface area contributed by atoms with Crippen LogP contribution in [0.3, 0.4) is 0 Å². The molecule has 112 valence electrons. The van der Waals surface area contributed by atoms with E-state index in [-0.39, 0.29) is 24.0 Å². The zero-order chi connectivity index (χ0) is 14.9. The monoisotopic (exact) mass is 274 g/mol. The summed E-state index contributed by atoms with van der Waals surface area (Å²) in [7, 11) is 1.60. The van der Waals surface area contributed by atoms with Gasteiger partial charge in [0.05, 0.1) is 5.60 Å². The summed E-state index contributed by atoms with van der Waals surface area (Å²) < 4.78 is 5.19. The summed E-state index contributed by atoms with van der Waals surface area (Å²) >= 11 is 0. The van der Waals surface area contributed by atoms with Crippen LogP contribution in [0.15, 0.2) is 0 Å². The number of carbonyl (C=O) groups excluding carboxylic acids is 1. The van der Waals surface area contributed by atoms with E-state index in [1.54, 1.807) is 7.11 Å². The van der Waals surface area contributed by atoms with Crippen LogP contribution in [0.1, 0.15) is 40.0 Å². The minimum absolute atomic E-state index is 0.176. The summed E-state index contributed by atoms with van der Waals surface area (Å²) in [6, 6.07) is -0.226. The number of methoxy groups -OCH3 is 1. The third kappa shape index (κ3) is 10.3. The van der Waals surface area contributed by atoms with E-state index in [0.29, 0.717) is 19.5 Å². The number of hydrogen-bond acceptors (Lipinski definition) is 3. The molecule has 0 fully saturated rings. The van der Waals surface area contributed by atoms with Gasteiger partial charge in [-0.3, -0.25) is 4.79 Å². The molecule has 0 bridgehead atoms. The Kier molecular flexibility index (Phi) is 8.14. The van der Waals surface area contributed by atoms with Gasteiger partial charge in [-0.2, -0.15) is 0 Å². The highest BCUT2D eigenvalue weighted by molar-refractivity contribution is 5.73. The average molecular weight is 274 g/mol. The third-order valence-corrected chi connectivity index (χ3v) is 3.00. The van der Waals surface area contributed by atoms with Gasteiger partial charge < -0.3 is 20.5 Å². The van der Waals surface area contributed by atoms with E-state index in [2.05, 4.69) is 10.6 Å². The van der Waals surface area contributed by atoms with Gasteiger partial charge in [0.15, 0.2) is 0 Å². The lowest BCUT2D eigenvalue weighted by Crippen LogP contribution is -2.44. The molecule has 0 spiro atoms. The lowest BCUT2D eigenvalue weighted by atomic mass is 10.0. The molecule has 19 heavy (non-hydrogen) atoms. The first-order chi connectivity index (χ1) is 8.76. The van der Waals surface area contributed by atoms with Gasteiger partial charge in [-0.25, -0.2) is 4.79 Å².